The fourth-order valence-electron chi connectivity index (χ4n) is 5.09. The molecule has 2 aromatic carbocycles. The number of ether oxygens (including phenoxy) is 1. The van der Waals surface area contributed by atoms with E-state index in [1.54, 1.807) is 23.6 Å². The molecule has 2 aliphatic rings. The van der Waals surface area contributed by atoms with Crippen molar-refractivity contribution in [1.82, 2.24) is 10.2 Å². The van der Waals surface area contributed by atoms with E-state index in [1.165, 1.54) is 0 Å². The maximum Gasteiger partial charge on any atom is 0.407 e. The van der Waals surface area contributed by atoms with Crippen LogP contribution in [0.4, 0.5) is 4.79 Å². The van der Waals surface area contributed by atoms with Gasteiger partial charge in [0, 0.05) is 19.0 Å². The van der Waals surface area contributed by atoms with E-state index < -0.39 is 23.5 Å². The number of alkyl carbamates (subject to hydrolysis) is 1. The van der Waals surface area contributed by atoms with Crippen molar-refractivity contribution >= 4 is 29.7 Å². The molecule has 7 nitrogen and oxygen atoms in total. The number of benzene rings is 2. The number of thioether (sulfide) groups is 1. The molecule has 2 N–H and O–H groups in total. The van der Waals surface area contributed by atoms with Crippen molar-refractivity contribution in [3.63, 3.8) is 0 Å². The Morgan fingerprint density at radius 3 is 2.29 bits per heavy atom. The van der Waals surface area contributed by atoms with Gasteiger partial charge >= 0.3 is 12.1 Å². The quantitative estimate of drug-likeness (QED) is 0.568. The van der Waals surface area contributed by atoms with Crippen LogP contribution in [0, 0.1) is 11.3 Å². The van der Waals surface area contributed by atoms with Gasteiger partial charge in [-0.3, -0.25) is 9.59 Å². The minimum atomic E-state index is -0.997. The van der Waals surface area contributed by atoms with Gasteiger partial charge < -0.3 is 20.1 Å². The fourth-order valence-corrected chi connectivity index (χ4v) is 5.56. The third kappa shape index (κ3) is 4.89. The van der Waals surface area contributed by atoms with Crippen molar-refractivity contribution in [3.05, 3.63) is 59.7 Å². The topological polar surface area (TPSA) is 95.9 Å². The van der Waals surface area contributed by atoms with Gasteiger partial charge in [-0.1, -0.05) is 55.5 Å². The highest BCUT2D eigenvalue weighted by Crippen LogP contribution is 2.44. The minimum Gasteiger partial charge on any atom is -0.481 e. The predicted octanol–water partition coefficient (Wildman–Crippen LogP) is 4.22. The third-order valence-electron chi connectivity index (χ3n) is 7.45. The number of carboxylic acid groups (broad SMARTS) is 1. The Hall–Kier alpha value is -3.00. The van der Waals surface area contributed by atoms with Crippen LogP contribution < -0.4 is 5.32 Å². The van der Waals surface area contributed by atoms with Gasteiger partial charge in [0.25, 0.3) is 0 Å². The summed E-state index contributed by atoms with van der Waals surface area (Å²) in [6.07, 6.45) is 1.74. The lowest BCUT2D eigenvalue weighted by Gasteiger charge is -2.26. The van der Waals surface area contributed by atoms with Crippen LogP contribution >= 0.6 is 11.8 Å². The maximum absolute atomic E-state index is 13.3. The van der Waals surface area contributed by atoms with Crippen LogP contribution in [-0.4, -0.2) is 65.7 Å². The van der Waals surface area contributed by atoms with Gasteiger partial charge in [0.15, 0.2) is 0 Å². The van der Waals surface area contributed by atoms with E-state index in [1.807, 2.05) is 37.4 Å². The number of aliphatic carboxylic acids is 1. The molecule has 0 radical (unpaired) electrons. The van der Waals surface area contributed by atoms with Gasteiger partial charge in [0.1, 0.15) is 12.6 Å². The van der Waals surface area contributed by atoms with Gasteiger partial charge in [-0.05, 0) is 53.5 Å². The Morgan fingerprint density at radius 1 is 1.14 bits per heavy atom. The predicted molar refractivity (Wildman–Crippen MR) is 136 cm³/mol. The lowest BCUT2D eigenvalue weighted by Crippen LogP contribution is -2.49. The van der Waals surface area contributed by atoms with Crippen molar-refractivity contribution in [1.29, 1.82) is 0 Å². The van der Waals surface area contributed by atoms with Gasteiger partial charge in [-0.25, -0.2) is 4.79 Å². The third-order valence-corrected chi connectivity index (χ3v) is 8.09. The van der Waals surface area contributed by atoms with E-state index in [-0.39, 0.29) is 30.9 Å². The second kappa shape index (κ2) is 10.3. The number of carboxylic acids is 1. The molecule has 0 unspecified atom stereocenters. The van der Waals surface area contributed by atoms with Crippen molar-refractivity contribution in [3.8, 4) is 11.1 Å². The van der Waals surface area contributed by atoms with E-state index in [2.05, 4.69) is 29.6 Å². The van der Waals surface area contributed by atoms with Crippen LogP contribution in [0.5, 0.6) is 0 Å². The van der Waals surface area contributed by atoms with Crippen molar-refractivity contribution < 1.29 is 24.2 Å². The first-order valence-corrected chi connectivity index (χ1v) is 13.3. The zero-order valence-electron chi connectivity index (χ0n) is 20.3. The lowest BCUT2D eigenvalue weighted by molar-refractivity contribution is -0.149. The van der Waals surface area contributed by atoms with Gasteiger partial charge in [-0.2, -0.15) is 11.8 Å². The Balaban J connectivity index is 1.43. The van der Waals surface area contributed by atoms with Crippen LogP contribution in [-0.2, 0) is 14.3 Å². The maximum atomic E-state index is 13.3. The van der Waals surface area contributed by atoms with E-state index >= 15 is 0 Å². The van der Waals surface area contributed by atoms with Gasteiger partial charge in [0.2, 0.25) is 5.91 Å². The molecule has 0 spiro atoms. The van der Waals surface area contributed by atoms with Crippen LogP contribution in [0.3, 0.4) is 0 Å². The minimum absolute atomic E-state index is 0.0656. The molecule has 8 heteroatoms. The molecule has 2 aromatic rings. The van der Waals surface area contributed by atoms with Gasteiger partial charge in [-0.15, -0.1) is 0 Å². The van der Waals surface area contributed by atoms with Crippen LogP contribution in [0.25, 0.3) is 11.1 Å². The number of carbonyl (C=O) groups is 3. The summed E-state index contributed by atoms with van der Waals surface area (Å²) < 4.78 is 5.64. The summed E-state index contributed by atoms with van der Waals surface area (Å²) in [4.78, 5) is 39.4. The summed E-state index contributed by atoms with van der Waals surface area (Å²) in [6.45, 7) is 4.16. The van der Waals surface area contributed by atoms with Crippen molar-refractivity contribution in [2.75, 3.05) is 31.7 Å². The number of hydrogen-bond donors (Lipinski definition) is 2. The summed E-state index contributed by atoms with van der Waals surface area (Å²) in [5.74, 6) is -0.738. The SMILES string of the molecule is CSCC[C@@H](NC(=O)OCC1c2ccccc2-c2ccccc21)C(=O)N1C[C@H](C)[C@@](C)(C(=O)O)C1. The Bertz CT molecular complexity index is 1080. The molecule has 4 rings (SSSR count). The number of likely N-dealkylation sites (tertiary alicyclic amines) is 1. The summed E-state index contributed by atoms with van der Waals surface area (Å²) >= 11 is 1.58. The fraction of sp³-hybridized carbons (Fsp3) is 0.444. The Labute approximate surface area is 210 Å². The zero-order chi connectivity index (χ0) is 25.2. The van der Waals surface area contributed by atoms with Crippen LogP contribution in [0.2, 0.25) is 0 Å². The highest BCUT2D eigenvalue weighted by atomic mass is 32.2. The molecule has 1 aliphatic carbocycles. The second-order valence-electron chi connectivity index (χ2n) is 9.65. The Kier molecular flexibility index (Phi) is 7.40. The Morgan fingerprint density at radius 2 is 1.74 bits per heavy atom. The molecule has 1 heterocycles. The summed E-state index contributed by atoms with van der Waals surface area (Å²) in [5, 5.41) is 12.4. The van der Waals surface area contributed by atoms with Crippen LogP contribution in [0.1, 0.15) is 37.3 Å². The molecule has 3 atom stereocenters. The van der Waals surface area contributed by atoms with Crippen molar-refractivity contribution in [2.24, 2.45) is 11.3 Å². The highest BCUT2D eigenvalue weighted by Gasteiger charge is 2.48. The second-order valence-corrected chi connectivity index (χ2v) is 10.6. The number of amides is 2. The van der Waals surface area contributed by atoms with E-state index in [9.17, 15) is 19.5 Å². The van der Waals surface area contributed by atoms with Gasteiger partial charge in [0.05, 0.1) is 5.41 Å². The average Bonchev–Trinajstić information content (AvgIpc) is 3.34. The molecule has 0 bridgehead atoms. The highest BCUT2D eigenvalue weighted by molar-refractivity contribution is 7.98. The molecule has 2 amide bonds. The molecule has 0 saturated carbocycles. The van der Waals surface area contributed by atoms with E-state index in [0.29, 0.717) is 18.7 Å². The summed E-state index contributed by atoms with van der Waals surface area (Å²) in [6, 6.07) is 15.5. The number of rotatable bonds is 8. The molecular formula is C27H32N2O5S. The molecule has 1 fully saturated rings. The number of nitrogens with zero attached hydrogens (tertiary/aromatic N) is 1. The monoisotopic (exact) mass is 496 g/mol. The number of carbonyl (C=O) groups excluding carboxylic acids is 2. The number of nitrogens with one attached hydrogen (secondary N) is 1. The normalized spacial score (nSPS) is 21.8. The summed E-state index contributed by atoms with van der Waals surface area (Å²) in [7, 11) is 0. The molecular weight excluding hydrogens is 464 g/mol. The number of fused-ring (bicyclic) bond motifs is 3. The van der Waals surface area contributed by atoms with Crippen LogP contribution in [0.15, 0.2) is 48.5 Å². The van der Waals surface area contributed by atoms with E-state index in [4.69, 9.17) is 4.74 Å². The standard InChI is InChI=1S/C27H32N2O5S/c1-17-14-29(16-27(17,2)25(31)32)24(30)23(12-13-35-3)28-26(33)34-15-22-20-10-6-4-8-18(20)19-9-5-7-11-21(19)22/h4-11,17,22-23H,12-16H2,1-3H3,(H,28,33)(H,31,32)/t17-,23+,27-/m0/s1. The molecule has 35 heavy (non-hydrogen) atoms. The first-order chi connectivity index (χ1) is 16.8. The zero-order valence-corrected chi connectivity index (χ0v) is 21.1. The van der Waals surface area contributed by atoms with E-state index in [0.717, 1.165) is 22.3 Å². The largest absolute Gasteiger partial charge is 0.481 e. The molecule has 186 valence electrons. The first kappa shape index (κ1) is 25.1. The smallest absolute Gasteiger partial charge is 0.407 e. The average molecular weight is 497 g/mol. The van der Waals surface area contributed by atoms with Crippen molar-refractivity contribution in [2.45, 2.75) is 32.2 Å². The molecule has 1 saturated heterocycles. The first-order valence-electron chi connectivity index (χ1n) is 11.9. The lowest BCUT2D eigenvalue weighted by atomic mass is 9.81. The summed E-state index contributed by atoms with van der Waals surface area (Å²) in [5.41, 5.74) is 3.54. The molecule has 0 aromatic heterocycles. The molecule has 1 aliphatic heterocycles. The number of hydrogen-bond acceptors (Lipinski definition) is 5.